The predicted octanol–water partition coefficient (Wildman–Crippen LogP) is 5.45. The average molecular weight is 391 g/mol. The van der Waals surface area contributed by atoms with Gasteiger partial charge < -0.3 is 10.2 Å². The number of rotatable bonds is 8. The van der Waals surface area contributed by atoms with Crippen molar-refractivity contribution < 1.29 is 15.0 Å². The summed E-state index contributed by atoms with van der Waals surface area (Å²) >= 11 is 6.59. The van der Waals surface area contributed by atoms with Gasteiger partial charge in [0, 0.05) is 5.38 Å². The number of alkyl halides is 1. The standard InChI is InChI=1S/C23H31ClO3/c1-23(14-3-15-23)21(25)5-2-4-17-11-13-20(24)19(17)12-8-16-6-9-18(10-7-16)22(26)27/h2,4,6-7,9-10,17,19-21,25H,3,5,8,11-15H2,1H3,(H,26,27)/b4-2+/t17-,19+,20?,21?/m0/s1. The summed E-state index contributed by atoms with van der Waals surface area (Å²) in [5.41, 5.74) is 1.61. The number of allylic oxidation sites excluding steroid dienone is 1. The molecule has 0 aromatic heterocycles. The first-order valence-corrected chi connectivity index (χ1v) is 10.6. The van der Waals surface area contributed by atoms with Crippen molar-refractivity contribution in [3.63, 3.8) is 0 Å². The zero-order valence-corrected chi connectivity index (χ0v) is 16.9. The molecule has 2 aliphatic rings. The van der Waals surface area contributed by atoms with E-state index in [0.29, 0.717) is 17.4 Å². The van der Waals surface area contributed by atoms with Crippen molar-refractivity contribution in [1.29, 1.82) is 0 Å². The van der Waals surface area contributed by atoms with Gasteiger partial charge >= 0.3 is 5.97 Å². The Labute approximate surface area is 167 Å². The van der Waals surface area contributed by atoms with E-state index in [1.165, 1.54) is 6.42 Å². The number of halogens is 1. The van der Waals surface area contributed by atoms with Gasteiger partial charge in [-0.3, -0.25) is 0 Å². The third-order valence-electron chi connectivity index (χ3n) is 6.80. The largest absolute Gasteiger partial charge is 0.478 e. The number of carboxylic acids is 1. The average Bonchev–Trinajstić information content (AvgIpc) is 2.98. The molecule has 2 saturated carbocycles. The molecule has 148 valence electrons. The van der Waals surface area contributed by atoms with Crippen molar-refractivity contribution in [1.82, 2.24) is 0 Å². The monoisotopic (exact) mass is 390 g/mol. The van der Waals surface area contributed by atoms with Crippen LogP contribution in [0, 0.1) is 17.3 Å². The van der Waals surface area contributed by atoms with E-state index in [1.54, 1.807) is 12.1 Å². The molecule has 0 amide bonds. The summed E-state index contributed by atoms with van der Waals surface area (Å²) in [5.74, 6) is 0.0343. The molecule has 0 saturated heterocycles. The van der Waals surface area contributed by atoms with Crippen LogP contribution in [0.4, 0.5) is 0 Å². The third kappa shape index (κ3) is 4.94. The van der Waals surface area contributed by atoms with Crippen LogP contribution in [0.15, 0.2) is 36.4 Å². The Kier molecular flexibility index (Phi) is 6.65. The van der Waals surface area contributed by atoms with Crippen LogP contribution in [0.2, 0.25) is 0 Å². The summed E-state index contributed by atoms with van der Waals surface area (Å²) in [6, 6.07) is 7.15. The van der Waals surface area contributed by atoms with E-state index >= 15 is 0 Å². The van der Waals surface area contributed by atoms with Gasteiger partial charge in [0.1, 0.15) is 0 Å². The maximum Gasteiger partial charge on any atom is 0.335 e. The molecule has 1 aromatic carbocycles. The Morgan fingerprint density at radius 3 is 2.59 bits per heavy atom. The quantitative estimate of drug-likeness (QED) is 0.458. The van der Waals surface area contributed by atoms with Crippen LogP contribution < -0.4 is 0 Å². The summed E-state index contributed by atoms with van der Waals surface area (Å²) in [7, 11) is 0. The minimum Gasteiger partial charge on any atom is -0.478 e. The molecule has 0 radical (unpaired) electrons. The molecule has 2 unspecified atom stereocenters. The molecule has 0 spiro atoms. The van der Waals surface area contributed by atoms with Crippen molar-refractivity contribution in [2.45, 2.75) is 69.8 Å². The van der Waals surface area contributed by atoms with Crippen LogP contribution in [0.25, 0.3) is 0 Å². The van der Waals surface area contributed by atoms with E-state index in [4.69, 9.17) is 16.7 Å². The van der Waals surface area contributed by atoms with Gasteiger partial charge in [0.05, 0.1) is 11.7 Å². The Morgan fingerprint density at radius 1 is 1.30 bits per heavy atom. The number of carbonyl (C=O) groups is 1. The minimum absolute atomic E-state index is 0.122. The second kappa shape index (κ2) is 8.79. The molecule has 1 aromatic rings. The van der Waals surface area contributed by atoms with E-state index in [9.17, 15) is 9.90 Å². The molecular formula is C23H31ClO3. The maximum atomic E-state index is 11.0. The van der Waals surface area contributed by atoms with E-state index in [-0.39, 0.29) is 16.9 Å². The number of aliphatic hydroxyl groups excluding tert-OH is 1. The van der Waals surface area contributed by atoms with Gasteiger partial charge in [-0.1, -0.05) is 37.6 Å². The molecule has 2 fully saturated rings. The topological polar surface area (TPSA) is 57.5 Å². The Morgan fingerprint density at radius 2 is 2.00 bits per heavy atom. The number of aromatic carboxylic acids is 1. The van der Waals surface area contributed by atoms with Gasteiger partial charge in [0.25, 0.3) is 0 Å². The molecule has 2 aliphatic carbocycles. The van der Waals surface area contributed by atoms with Gasteiger partial charge in [-0.25, -0.2) is 4.79 Å². The summed E-state index contributed by atoms with van der Waals surface area (Å²) in [5, 5.41) is 19.6. The van der Waals surface area contributed by atoms with Gasteiger partial charge in [-0.15, -0.1) is 11.6 Å². The van der Waals surface area contributed by atoms with Gasteiger partial charge in [-0.2, -0.15) is 0 Å². The first kappa shape index (κ1) is 20.4. The van der Waals surface area contributed by atoms with Crippen LogP contribution in [0.3, 0.4) is 0 Å². The summed E-state index contributed by atoms with van der Waals surface area (Å²) in [6.07, 6.45) is 12.6. The number of hydrogen-bond donors (Lipinski definition) is 2. The first-order chi connectivity index (χ1) is 12.9. The van der Waals surface area contributed by atoms with E-state index in [0.717, 1.165) is 50.5 Å². The highest BCUT2D eigenvalue weighted by molar-refractivity contribution is 6.21. The van der Waals surface area contributed by atoms with Crippen LogP contribution in [-0.2, 0) is 6.42 Å². The molecule has 27 heavy (non-hydrogen) atoms. The number of carboxylic acid groups (broad SMARTS) is 1. The molecule has 0 aliphatic heterocycles. The van der Waals surface area contributed by atoms with Crippen molar-refractivity contribution in [2.24, 2.45) is 17.3 Å². The first-order valence-electron chi connectivity index (χ1n) is 10.2. The summed E-state index contributed by atoms with van der Waals surface area (Å²) < 4.78 is 0. The molecule has 0 heterocycles. The Balaban J connectivity index is 1.52. The lowest BCUT2D eigenvalue weighted by molar-refractivity contribution is -0.0176. The number of aryl methyl sites for hydroxylation is 1. The van der Waals surface area contributed by atoms with Gasteiger partial charge in [-0.05, 0) is 79.9 Å². The van der Waals surface area contributed by atoms with Crippen molar-refractivity contribution in [3.05, 3.63) is 47.5 Å². The second-order valence-electron chi connectivity index (χ2n) is 8.65. The lowest BCUT2D eigenvalue weighted by atomic mass is 9.66. The van der Waals surface area contributed by atoms with Crippen LogP contribution in [-0.4, -0.2) is 27.7 Å². The van der Waals surface area contributed by atoms with Crippen molar-refractivity contribution in [2.75, 3.05) is 0 Å². The normalized spacial score (nSPS) is 28.2. The highest BCUT2D eigenvalue weighted by atomic mass is 35.5. The number of benzene rings is 1. The highest BCUT2D eigenvalue weighted by Crippen LogP contribution is 2.45. The van der Waals surface area contributed by atoms with Crippen LogP contribution in [0.1, 0.15) is 67.8 Å². The lowest BCUT2D eigenvalue weighted by Crippen LogP contribution is -2.38. The second-order valence-corrected chi connectivity index (χ2v) is 9.21. The van der Waals surface area contributed by atoms with Gasteiger partial charge in [0.2, 0.25) is 0 Å². The zero-order valence-electron chi connectivity index (χ0n) is 16.1. The smallest absolute Gasteiger partial charge is 0.335 e. The van der Waals surface area contributed by atoms with Crippen LogP contribution >= 0.6 is 11.6 Å². The molecule has 3 nitrogen and oxygen atoms in total. The maximum absolute atomic E-state index is 11.0. The molecular weight excluding hydrogens is 360 g/mol. The van der Waals surface area contributed by atoms with E-state index < -0.39 is 5.97 Å². The Bertz CT molecular complexity index is 663. The third-order valence-corrected chi connectivity index (χ3v) is 7.34. The fraction of sp³-hybridized carbons (Fsp3) is 0.609. The van der Waals surface area contributed by atoms with E-state index in [2.05, 4.69) is 19.1 Å². The fourth-order valence-corrected chi connectivity index (χ4v) is 5.00. The van der Waals surface area contributed by atoms with E-state index in [1.807, 2.05) is 12.1 Å². The minimum atomic E-state index is -0.888. The Hall–Kier alpha value is -1.32. The molecule has 3 rings (SSSR count). The summed E-state index contributed by atoms with van der Waals surface area (Å²) in [6.45, 7) is 2.19. The van der Waals surface area contributed by atoms with Crippen LogP contribution in [0.5, 0.6) is 0 Å². The molecule has 4 heteroatoms. The number of aliphatic hydroxyl groups is 1. The van der Waals surface area contributed by atoms with Crippen molar-refractivity contribution in [3.8, 4) is 0 Å². The molecule has 0 bridgehead atoms. The van der Waals surface area contributed by atoms with Crippen molar-refractivity contribution >= 4 is 17.6 Å². The highest BCUT2D eigenvalue weighted by Gasteiger charge is 2.38. The zero-order chi connectivity index (χ0) is 19.4. The molecule has 4 atom stereocenters. The lowest BCUT2D eigenvalue weighted by Gasteiger charge is -2.42. The number of hydrogen-bond acceptors (Lipinski definition) is 2. The fourth-order valence-electron chi connectivity index (χ4n) is 4.56. The summed E-state index contributed by atoms with van der Waals surface area (Å²) in [4.78, 5) is 11.0. The predicted molar refractivity (Wildman–Crippen MR) is 109 cm³/mol. The molecule has 2 N–H and O–H groups in total. The SMILES string of the molecule is CC1(C(O)C/C=C/[C@H]2CCC(Cl)[C@@H]2CCc2ccc(C(=O)O)cc2)CCC1. The van der Waals surface area contributed by atoms with Gasteiger partial charge in [0.15, 0.2) is 0 Å².